The van der Waals surface area contributed by atoms with Crippen LogP contribution in [0.3, 0.4) is 0 Å². The number of halogens is 2. The number of benzene rings is 2. The molecule has 0 spiro atoms. The Labute approximate surface area is 153 Å². The molecule has 27 heavy (non-hydrogen) atoms. The first-order valence-electron chi connectivity index (χ1n) is 8.14. The minimum absolute atomic E-state index is 0.0621. The molecule has 0 aromatic heterocycles. The number of hydrogen-bond acceptors (Lipinski definition) is 5. The van der Waals surface area contributed by atoms with Gasteiger partial charge in [-0.05, 0) is 24.6 Å². The molecule has 0 radical (unpaired) electrons. The molecule has 2 rings (SSSR count). The fourth-order valence-electron chi connectivity index (χ4n) is 2.73. The maximum absolute atomic E-state index is 16.0. The van der Waals surface area contributed by atoms with Crippen LogP contribution in [0.2, 0.25) is 0 Å². The lowest BCUT2D eigenvalue weighted by atomic mass is 9.78. The number of ketones is 1. The lowest BCUT2D eigenvalue weighted by Gasteiger charge is -2.28. The van der Waals surface area contributed by atoms with Crippen molar-refractivity contribution >= 4 is 11.8 Å². The van der Waals surface area contributed by atoms with Gasteiger partial charge in [-0.1, -0.05) is 42.5 Å². The van der Waals surface area contributed by atoms with Gasteiger partial charge in [0.05, 0.1) is 6.61 Å². The number of nitro groups is 1. The zero-order valence-corrected chi connectivity index (χ0v) is 14.4. The Morgan fingerprint density at radius 3 is 2.26 bits per heavy atom. The smallest absolute Gasteiger partial charge is 0.353 e. The summed E-state index contributed by atoms with van der Waals surface area (Å²) in [5, 5.41) is 11.1. The Morgan fingerprint density at radius 2 is 1.74 bits per heavy atom. The molecule has 0 unspecified atom stereocenters. The van der Waals surface area contributed by atoms with Gasteiger partial charge in [-0.15, -0.1) is 0 Å². The van der Waals surface area contributed by atoms with E-state index in [4.69, 9.17) is 4.74 Å². The molecule has 0 heterocycles. The standard InChI is InChI=1S/C19H17F2NO5/c1-2-27-18(24)19(21,17(23)14-6-4-3-5-7-14)16(12-22(25)26)13-8-10-15(20)11-9-13/h3-11,16H,2,12H2,1H3/t16-,19+/m0/s1. The van der Waals surface area contributed by atoms with E-state index in [1.165, 1.54) is 31.2 Å². The van der Waals surface area contributed by atoms with Crippen molar-refractivity contribution in [2.24, 2.45) is 0 Å². The maximum atomic E-state index is 16.0. The van der Waals surface area contributed by atoms with Gasteiger partial charge in [0, 0.05) is 10.5 Å². The van der Waals surface area contributed by atoms with E-state index in [9.17, 15) is 24.1 Å². The molecule has 0 amide bonds. The topological polar surface area (TPSA) is 86.5 Å². The van der Waals surface area contributed by atoms with E-state index in [0.717, 1.165) is 24.3 Å². The van der Waals surface area contributed by atoms with Crippen LogP contribution in [0.4, 0.5) is 8.78 Å². The normalized spacial score (nSPS) is 14.0. The van der Waals surface area contributed by atoms with Crippen LogP contribution in [0.1, 0.15) is 28.8 Å². The summed E-state index contributed by atoms with van der Waals surface area (Å²) < 4.78 is 34.0. The van der Waals surface area contributed by atoms with Crippen LogP contribution in [0.25, 0.3) is 0 Å². The number of alkyl halides is 1. The van der Waals surface area contributed by atoms with Gasteiger partial charge < -0.3 is 4.74 Å². The van der Waals surface area contributed by atoms with Crippen molar-refractivity contribution < 1.29 is 28.0 Å². The average molecular weight is 377 g/mol. The molecule has 0 saturated carbocycles. The number of hydrogen-bond donors (Lipinski definition) is 0. The molecular formula is C19H17F2NO5. The maximum Gasteiger partial charge on any atom is 0.353 e. The molecule has 0 aliphatic heterocycles. The second-order valence-corrected chi connectivity index (χ2v) is 5.75. The highest BCUT2D eigenvalue weighted by Gasteiger charge is 2.57. The largest absolute Gasteiger partial charge is 0.463 e. The highest BCUT2D eigenvalue weighted by molar-refractivity contribution is 6.16. The number of carbonyl (C=O) groups excluding carboxylic acids is 2. The Hall–Kier alpha value is -3.16. The number of carbonyl (C=O) groups is 2. The van der Waals surface area contributed by atoms with Gasteiger partial charge >= 0.3 is 5.97 Å². The van der Waals surface area contributed by atoms with Gasteiger partial charge in [0.25, 0.3) is 5.67 Å². The first kappa shape index (κ1) is 20.2. The number of rotatable bonds is 8. The Balaban J connectivity index is 2.62. The summed E-state index contributed by atoms with van der Waals surface area (Å²) in [5.41, 5.74) is -3.54. The minimum atomic E-state index is -3.34. The number of esters is 1. The number of Topliss-reactive ketones (excluding diaryl/α,β-unsaturated/α-hetero) is 1. The monoisotopic (exact) mass is 377 g/mol. The van der Waals surface area contributed by atoms with Crippen molar-refractivity contribution in [3.05, 3.63) is 81.7 Å². The molecule has 6 nitrogen and oxygen atoms in total. The van der Waals surface area contributed by atoms with E-state index in [2.05, 4.69) is 0 Å². The Kier molecular flexibility index (Phi) is 6.33. The summed E-state index contributed by atoms with van der Waals surface area (Å²) >= 11 is 0. The van der Waals surface area contributed by atoms with Crippen LogP contribution >= 0.6 is 0 Å². The molecule has 2 aromatic carbocycles. The van der Waals surface area contributed by atoms with Crippen molar-refractivity contribution in [2.45, 2.75) is 18.5 Å². The summed E-state index contributed by atoms with van der Waals surface area (Å²) in [6.07, 6.45) is 0. The third kappa shape index (κ3) is 4.33. The summed E-state index contributed by atoms with van der Waals surface area (Å²) in [6.45, 7) is 0.145. The van der Waals surface area contributed by atoms with E-state index in [-0.39, 0.29) is 17.7 Å². The fourth-order valence-corrected chi connectivity index (χ4v) is 2.73. The Morgan fingerprint density at radius 1 is 1.15 bits per heavy atom. The molecule has 0 fully saturated rings. The second-order valence-electron chi connectivity index (χ2n) is 5.75. The molecule has 2 atom stereocenters. The zero-order chi connectivity index (χ0) is 20.0. The van der Waals surface area contributed by atoms with Crippen molar-refractivity contribution in [1.29, 1.82) is 0 Å². The van der Waals surface area contributed by atoms with Crippen LogP contribution < -0.4 is 0 Å². The highest BCUT2D eigenvalue weighted by Crippen LogP contribution is 2.37. The van der Waals surface area contributed by atoms with Gasteiger partial charge in [0.1, 0.15) is 11.7 Å². The molecular weight excluding hydrogens is 360 g/mol. The quantitative estimate of drug-likeness (QED) is 0.232. The minimum Gasteiger partial charge on any atom is -0.463 e. The van der Waals surface area contributed by atoms with E-state index in [1.54, 1.807) is 6.07 Å². The summed E-state index contributed by atoms with van der Waals surface area (Å²) in [7, 11) is 0. The van der Waals surface area contributed by atoms with Gasteiger partial charge in [-0.25, -0.2) is 13.6 Å². The van der Waals surface area contributed by atoms with Gasteiger partial charge in [0.15, 0.2) is 0 Å². The fraction of sp³-hybridized carbons (Fsp3) is 0.263. The first-order valence-corrected chi connectivity index (χ1v) is 8.14. The molecule has 8 heteroatoms. The molecule has 0 aliphatic carbocycles. The lowest BCUT2D eigenvalue weighted by molar-refractivity contribution is -0.485. The molecule has 0 saturated heterocycles. The van der Waals surface area contributed by atoms with E-state index in [1.807, 2.05) is 0 Å². The third-order valence-electron chi connectivity index (χ3n) is 4.02. The van der Waals surface area contributed by atoms with Crippen LogP contribution in [0.5, 0.6) is 0 Å². The van der Waals surface area contributed by atoms with Crippen LogP contribution in [0.15, 0.2) is 54.6 Å². The van der Waals surface area contributed by atoms with Crippen molar-refractivity contribution in [1.82, 2.24) is 0 Å². The lowest BCUT2D eigenvalue weighted by Crippen LogP contribution is -2.50. The van der Waals surface area contributed by atoms with Crippen molar-refractivity contribution in [3.63, 3.8) is 0 Å². The molecule has 0 bridgehead atoms. The van der Waals surface area contributed by atoms with Crippen molar-refractivity contribution in [2.75, 3.05) is 13.2 Å². The van der Waals surface area contributed by atoms with Crippen molar-refractivity contribution in [3.8, 4) is 0 Å². The summed E-state index contributed by atoms with van der Waals surface area (Å²) in [4.78, 5) is 35.6. The second kappa shape index (κ2) is 8.48. The van der Waals surface area contributed by atoms with Crippen LogP contribution in [-0.4, -0.2) is 35.5 Å². The molecule has 2 aromatic rings. The first-order chi connectivity index (χ1) is 12.8. The molecule has 0 N–H and O–H groups in total. The van der Waals surface area contributed by atoms with Crippen LogP contribution in [0, 0.1) is 15.9 Å². The van der Waals surface area contributed by atoms with Gasteiger partial charge in [-0.3, -0.25) is 14.9 Å². The Bertz CT molecular complexity index is 826. The average Bonchev–Trinajstić information content (AvgIpc) is 2.66. The third-order valence-corrected chi connectivity index (χ3v) is 4.02. The van der Waals surface area contributed by atoms with E-state index >= 15 is 4.39 Å². The van der Waals surface area contributed by atoms with E-state index < -0.39 is 40.6 Å². The van der Waals surface area contributed by atoms with Gasteiger partial charge in [-0.2, -0.15) is 0 Å². The summed E-state index contributed by atoms with van der Waals surface area (Å²) in [5.74, 6) is -5.21. The molecule has 142 valence electrons. The predicted molar refractivity (Wildman–Crippen MR) is 92.2 cm³/mol. The van der Waals surface area contributed by atoms with Gasteiger partial charge in [0.2, 0.25) is 12.3 Å². The van der Waals surface area contributed by atoms with Crippen LogP contribution in [-0.2, 0) is 9.53 Å². The predicted octanol–water partition coefficient (Wildman–Crippen LogP) is 3.34. The number of nitrogens with zero attached hydrogens (tertiary/aromatic N) is 1. The highest BCUT2D eigenvalue weighted by atomic mass is 19.1. The summed E-state index contributed by atoms with van der Waals surface area (Å²) in [6, 6.07) is 11.3. The zero-order valence-electron chi connectivity index (χ0n) is 14.4. The SMILES string of the molecule is CCOC(=O)[C@](F)(C(=O)c1ccccc1)[C@@H](C[N+](=O)[O-])c1ccc(F)cc1. The van der Waals surface area contributed by atoms with E-state index in [0.29, 0.717) is 0 Å². The number of ether oxygens (including phenoxy) is 1. The molecule has 0 aliphatic rings.